The van der Waals surface area contributed by atoms with Crippen LogP contribution in [0.2, 0.25) is 0 Å². The van der Waals surface area contributed by atoms with Gasteiger partial charge in [0, 0.05) is 10.8 Å². The van der Waals surface area contributed by atoms with Crippen molar-refractivity contribution in [2.75, 3.05) is 0 Å². The normalized spacial score (nSPS) is 19.1. The van der Waals surface area contributed by atoms with Crippen LogP contribution in [0.5, 0.6) is 0 Å². The number of allylic oxidation sites excluding steroid dienone is 8. The molecule has 2 aliphatic rings. The molecule has 0 bridgehead atoms. The maximum atomic E-state index is 11.4. The van der Waals surface area contributed by atoms with Crippen LogP contribution in [0, 0.1) is 21.7 Å². The van der Waals surface area contributed by atoms with Crippen molar-refractivity contribution in [3.8, 4) is 0 Å². The van der Waals surface area contributed by atoms with Gasteiger partial charge in [0.05, 0.1) is 10.8 Å². The van der Waals surface area contributed by atoms with Crippen LogP contribution in [0.25, 0.3) is 0 Å². The molecule has 2 heterocycles. The molecule has 2 rings (SSSR count). The Morgan fingerprint density at radius 1 is 0.590 bits per heavy atom. The van der Waals surface area contributed by atoms with Crippen molar-refractivity contribution in [2.45, 2.75) is 126 Å². The van der Waals surface area contributed by atoms with Gasteiger partial charge < -0.3 is 10.2 Å². The molecule has 0 aliphatic carbocycles. The van der Waals surface area contributed by atoms with Crippen LogP contribution in [-0.4, -0.2) is 22.2 Å². The first-order chi connectivity index (χ1) is 17.9. The molecule has 4 nitrogen and oxygen atoms in total. The Hall–Kier alpha value is -1.40. The first-order valence-corrected chi connectivity index (χ1v) is 16.2. The van der Waals surface area contributed by atoms with E-state index in [1.165, 1.54) is 19.6 Å². The van der Waals surface area contributed by atoms with E-state index in [1.54, 1.807) is 0 Å². The molecular formula is C33H52O4S2. The highest BCUT2D eigenvalue weighted by Gasteiger charge is 2.28. The van der Waals surface area contributed by atoms with E-state index >= 15 is 0 Å². The van der Waals surface area contributed by atoms with Crippen molar-refractivity contribution < 1.29 is 19.8 Å². The van der Waals surface area contributed by atoms with Gasteiger partial charge in [0.15, 0.2) is 0 Å². The molecule has 0 spiro atoms. The van der Waals surface area contributed by atoms with Gasteiger partial charge in [-0.05, 0) is 105 Å². The molecule has 0 saturated carbocycles. The average molecular weight is 577 g/mol. The maximum Gasteiger partial charge on any atom is 0.309 e. The number of aliphatic carboxylic acids is 2. The minimum Gasteiger partial charge on any atom is -0.481 e. The fraction of sp³-hybridized carbons (Fsp3) is 0.697. The van der Waals surface area contributed by atoms with Crippen LogP contribution >= 0.6 is 23.5 Å². The van der Waals surface area contributed by atoms with Gasteiger partial charge in [-0.2, -0.15) is 0 Å². The third-order valence-corrected chi connectivity index (χ3v) is 9.95. The summed E-state index contributed by atoms with van der Waals surface area (Å²) in [5.74, 6) is -1.42. The van der Waals surface area contributed by atoms with Crippen LogP contribution in [0.3, 0.4) is 0 Å². The fourth-order valence-electron chi connectivity index (χ4n) is 5.07. The molecule has 0 fully saturated rings. The maximum absolute atomic E-state index is 11.4. The Labute approximate surface area is 246 Å². The molecule has 2 aliphatic heterocycles. The standard InChI is InChI=1S/C33H52O4S2/c1-30(2)20-24(14-9-11-18-32(5,6)28(34)35)38-26(22-30)16-13-17-27-23-31(3,4)21-25(39-27)15-10-12-19-33(7,8)29(36)37/h20-23H,9-19H2,1-8H3,(H,34,35)(H,36,37). The molecule has 0 amide bonds. The number of carboxylic acids is 2. The molecule has 0 aromatic carbocycles. The lowest BCUT2D eigenvalue weighted by molar-refractivity contribution is -0.148. The second-order valence-corrected chi connectivity index (χ2v) is 16.4. The van der Waals surface area contributed by atoms with E-state index in [0.29, 0.717) is 12.8 Å². The lowest BCUT2D eigenvalue weighted by atomic mass is 9.86. The SMILES string of the molecule is CC1(C)C=C(CCCCC(C)(C)C(=O)O)SC(CCCC2=CC(C)(C)C=C(CCCCC(C)(C)C(=O)O)S2)=C1. The number of rotatable bonds is 16. The van der Waals surface area contributed by atoms with E-state index in [4.69, 9.17) is 0 Å². The Balaban J connectivity index is 1.82. The quantitative estimate of drug-likeness (QED) is 0.178. The molecule has 39 heavy (non-hydrogen) atoms. The second kappa shape index (κ2) is 14.0. The molecular weight excluding hydrogens is 524 g/mol. The van der Waals surface area contributed by atoms with E-state index in [0.717, 1.165) is 57.8 Å². The predicted molar refractivity (Wildman–Crippen MR) is 169 cm³/mol. The minimum absolute atomic E-state index is 0.0577. The Morgan fingerprint density at radius 3 is 1.15 bits per heavy atom. The van der Waals surface area contributed by atoms with Gasteiger partial charge in [0.2, 0.25) is 0 Å². The zero-order valence-electron chi connectivity index (χ0n) is 25.6. The summed E-state index contributed by atoms with van der Waals surface area (Å²) < 4.78 is 0. The zero-order valence-corrected chi connectivity index (χ0v) is 27.2. The van der Waals surface area contributed by atoms with Gasteiger partial charge >= 0.3 is 11.9 Å². The van der Waals surface area contributed by atoms with Gasteiger partial charge in [-0.1, -0.05) is 88.4 Å². The summed E-state index contributed by atoms with van der Waals surface area (Å²) in [6, 6.07) is 0. The summed E-state index contributed by atoms with van der Waals surface area (Å²) in [6.45, 7) is 16.4. The Kier molecular flexibility index (Phi) is 12.1. The zero-order chi connectivity index (χ0) is 29.5. The van der Waals surface area contributed by atoms with Crippen molar-refractivity contribution in [3.05, 3.63) is 43.9 Å². The number of thioether (sulfide) groups is 2. The highest BCUT2D eigenvalue weighted by Crippen LogP contribution is 2.45. The summed E-state index contributed by atoms with van der Waals surface area (Å²) in [5, 5.41) is 18.7. The van der Waals surface area contributed by atoms with Crippen molar-refractivity contribution in [1.29, 1.82) is 0 Å². The molecule has 220 valence electrons. The first kappa shape index (κ1) is 33.8. The smallest absolute Gasteiger partial charge is 0.309 e. The summed E-state index contributed by atoms with van der Waals surface area (Å²) >= 11 is 3.86. The van der Waals surface area contributed by atoms with Gasteiger partial charge in [-0.3, -0.25) is 9.59 Å². The van der Waals surface area contributed by atoms with Crippen molar-refractivity contribution in [1.82, 2.24) is 0 Å². The molecule has 0 saturated heterocycles. The van der Waals surface area contributed by atoms with Crippen molar-refractivity contribution in [2.24, 2.45) is 21.7 Å². The van der Waals surface area contributed by atoms with Gasteiger partial charge in [-0.15, -0.1) is 0 Å². The number of unbranched alkanes of at least 4 members (excludes halogenated alkanes) is 2. The van der Waals surface area contributed by atoms with E-state index < -0.39 is 22.8 Å². The van der Waals surface area contributed by atoms with Crippen molar-refractivity contribution >= 4 is 35.5 Å². The van der Waals surface area contributed by atoms with Crippen molar-refractivity contribution in [3.63, 3.8) is 0 Å². The summed E-state index contributed by atoms with van der Waals surface area (Å²) in [5.41, 5.74) is -1.18. The average Bonchev–Trinajstić information content (AvgIpc) is 2.77. The number of carboxylic acid groups (broad SMARTS) is 2. The number of carbonyl (C=O) groups is 2. The molecule has 0 aromatic rings. The molecule has 0 aromatic heterocycles. The molecule has 0 radical (unpaired) electrons. The van der Waals surface area contributed by atoms with E-state index in [-0.39, 0.29) is 10.8 Å². The van der Waals surface area contributed by atoms with Crippen LogP contribution in [-0.2, 0) is 9.59 Å². The van der Waals surface area contributed by atoms with E-state index in [2.05, 4.69) is 52.0 Å². The third-order valence-electron chi connectivity index (χ3n) is 7.61. The third kappa shape index (κ3) is 11.9. The van der Waals surface area contributed by atoms with E-state index in [9.17, 15) is 19.8 Å². The lowest BCUT2D eigenvalue weighted by Gasteiger charge is -2.27. The molecule has 0 unspecified atom stereocenters. The van der Waals surface area contributed by atoms with Gasteiger partial charge in [0.1, 0.15) is 0 Å². The van der Waals surface area contributed by atoms with Gasteiger partial charge in [0.25, 0.3) is 0 Å². The fourth-order valence-corrected chi connectivity index (χ4v) is 8.18. The largest absolute Gasteiger partial charge is 0.481 e. The second-order valence-electron chi connectivity index (χ2n) is 13.9. The Morgan fingerprint density at radius 2 is 0.872 bits per heavy atom. The summed E-state index contributed by atoms with van der Waals surface area (Å²) in [4.78, 5) is 28.5. The predicted octanol–water partition coefficient (Wildman–Crippen LogP) is 10.6. The monoisotopic (exact) mass is 576 g/mol. The summed E-state index contributed by atoms with van der Waals surface area (Å²) in [6.07, 6.45) is 20.3. The number of hydrogen-bond acceptors (Lipinski definition) is 4. The van der Waals surface area contributed by atoms with Crippen LogP contribution in [0.1, 0.15) is 126 Å². The highest BCUT2D eigenvalue weighted by molar-refractivity contribution is 8.07. The minimum atomic E-state index is -0.711. The molecule has 2 N–H and O–H groups in total. The summed E-state index contributed by atoms with van der Waals surface area (Å²) in [7, 11) is 0. The highest BCUT2D eigenvalue weighted by atomic mass is 32.2. The van der Waals surface area contributed by atoms with Gasteiger partial charge in [-0.25, -0.2) is 0 Å². The lowest BCUT2D eigenvalue weighted by Crippen LogP contribution is -2.23. The Bertz CT molecular complexity index is 929. The van der Waals surface area contributed by atoms with Crippen LogP contribution < -0.4 is 0 Å². The topological polar surface area (TPSA) is 74.6 Å². The van der Waals surface area contributed by atoms with Crippen LogP contribution in [0.15, 0.2) is 43.9 Å². The number of hydrogen-bond donors (Lipinski definition) is 2. The molecule has 0 atom stereocenters. The molecule has 6 heteroatoms. The van der Waals surface area contributed by atoms with Crippen LogP contribution in [0.4, 0.5) is 0 Å². The first-order valence-electron chi connectivity index (χ1n) is 14.6. The van der Waals surface area contributed by atoms with E-state index in [1.807, 2.05) is 51.2 Å².